The van der Waals surface area contributed by atoms with E-state index in [2.05, 4.69) is 68.3 Å². The first kappa shape index (κ1) is 12.0. The molecule has 0 aliphatic heterocycles. The molecule has 16 heavy (non-hydrogen) atoms. The van der Waals surface area contributed by atoms with Gasteiger partial charge in [-0.1, -0.05) is 48.6 Å². The van der Waals surface area contributed by atoms with Gasteiger partial charge in [0.2, 0.25) is 0 Å². The first-order chi connectivity index (χ1) is 7.86. The third-order valence-electron chi connectivity index (χ3n) is 2.18. The molecule has 0 fully saturated rings. The zero-order valence-electron chi connectivity index (χ0n) is 9.61. The Balaban J connectivity index is 0.000000606. The number of rotatable bonds is 1. The fourth-order valence-corrected chi connectivity index (χ4v) is 1.39. The molecule has 80 valence electrons. The summed E-state index contributed by atoms with van der Waals surface area (Å²) in [6.45, 7) is 8.05. The third-order valence-corrected chi connectivity index (χ3v) is 2.18. The second kappa shape index (κ2) is 6.44. The fraction of sp³-hybridized carbons (Fsp3) is 0.0625. The van der Waals surface area contributed by atoms with Gasteiger partial charge in [-0.25, -0.2) is 0 Å². The fourth-order valence-electron chi connectivity index (χ4n) is 1.39. The third kappa shape index (κ3) is 3.27. The molecule has 0 spiro atoms. The van der Waals surface area contributed by atoms with Gasteiger partial charge >= 0.3 is 0 Å². The molecule has 0 nitrogen and oxygen atoms in total. The first-order valence-electron chi connectivity index (χ1n) is 5.23. The lowest BCUT2D eigenvalue weighted by Crippen LogP contribution is -1.77. The Hall–Kier alpha value is -2.04. The van der Waals surface area contributed by atoms with Crippen LogP contribution >= 0.6 is 0 Å². The molecule has 0 atom stereocenters. The van der Waals surface area contributed by atoms with Crippen molar-refractivity contribution in [1.29, 1.82) is 0 Å². The van der Waals surface area contributed by atoms with Crippen LogP contribution in [0.2, 0.25) is 0 Å². The van der Waals surface area contributed by atoms with Gasteiger partial charge in [-0.15, -0.1) is 18.9 Å². The Labute approximate surface area is 97.6 Å². The van der Waals surface area contributed by atoms with Crippen LogP contribution in [-0.2, 0) is 0 Å². The Morgan fingerprint density at radius 1 is 1.06 bits per heavy atom. The van der Waals surface area contributed by atoms with Gasteiger partial charge in [-0.05, 0) is 29.7 Å². The standard InChI is InChI=1S/C14H12.C2H4/c1-12-6-5-9-14(11-10-12)13-7-3-2-4-8-13;1-2/h2-9,11H,1H3;1-2H2. The first-order valence-corrected chi connectivity index (χ1v) is 5.23. The van der Waals surface area contributed by atoms with Crippen molar-refractivity contribution >= 4 is 5.57 Å². The van der Waals surface area contributed by atoms with Crippen molar-refractivity contribution in [2.75, 3.05) is 0 Å². The van der Waals surface area contributed by atoms with Crippen molar-refractivity contribution in [2.45, 2.75) is 6.92 Å². The molecule has 0 heteroatoms. The molecule has 0 radical (unpaired) electrons. The van der Waals surface area contributed by atoms with Crippen LogP contribution in [0.25, 0.3) is 5.57 Å². The molecule has 1 aromatic carbocycles. The van der Waals surface area contributed by atoms with Crippen LogP contribution in [0.15, 0.2) is 79.1 Å². The van der Waals surface area contributed by atoms with E-state index in [1.165, 1.54) is 11.1 Å². The van der Waals surface area contributed by atoms with Crippen LogP contribution in [0.5, 0.6) is 0 Å². The van der Waals surface area contributed by atoms with Crippen LogP contribution in [-0.4, -0.2) is 0 Å². The lowest BCUT2D eigenvalue weighted by molar-refractivity contribution is 1.55. The monoisotopic (exact) mass is 208 g/mol. The van der Waals surface area contributed by atoms with E-state index in [0.717, 1.165) is 5.57 Å². The summed E-state index contributed by atoms with van der Waals surface area (Å²) in [5, 5.41) is 0. The van der Waals surface area contributed by atoms with Crippen molar-refractivity contribution < 1.29 is 0 Å². The summed E-state index contributed by atoms with van der Waals surface area (Å²) in [6, 6.07) is 10.3. The summed E-state index contributed by atoms with van der Waals surface area (Å²) in [5.74, 6) is 0. The predicted molar refractivity (Wildman–Crippen MR) is 72.1 cm³/mol. The summed E-state index contributed by atoms with van der Waals surface area (Å²) in [7, 11) is 0. The smallest absolute Gasteiger partial charge is 0.00912 e. The van der Waals surface area contributed by atoms with Crippen molar-refractivity contribution in [3.05, 3.63) is 84.7 Å². The summed E-state index contributed by atoms with van der Waals surface area (Å²) in [4.78, 5) is 0. The average Bonchev–Trinajstić information content (AvgIpc) is 2.58. The minimum atomic E-state index is 1.16. The predicted octanol–water partition coefficient (Wildman–Crippen LogP) is 4.54. The van der Waals surface area contributed by atoms with Gasteiger partial charge in [0.05, 0.1) is 0 Å². The van der Waals surface area contributed by atoms with E-state index in [1.807, 2.05) is 12.1 Å². The number of hydrogen-bond donors (Lipinski definition) is 0. The average molecular weight is 208 g/mol. The van der Waals surface area contributed by atoms with Crippen molar-refractivity contribution in [2.24, 2.45) is 0 Å². The van der Waals surface area contributed by atoms with Crippen LogP contribution in [0.3, 0.4) is 0 Å². The summed E-state index contributed by atoms with van der Waals surface area (Å²) < 4.78 is 0. The van der Waals surface area contributed by atoms with E-state index < -0.39 is 0 Å². The van der Waals surface area contributed by atoms with Crippen molar-refractivity contribution in [1.82, 2.24) is 0 Å². The van der Waals surface area contributed by atoms with Crippen molar-refractivity contribution in [3.63, 3.8) is 0 Å². The highest BCUT2D eigenvalue weighted by Crippen LogP contribution is 2.17. The zero-order chi connectivity index (χ0) is 11.8. The van der Waals surface area contributed by atoms with E-state index in [1.54, 1.807) is 0 Å². The van der Waals surface area contributed by atoms with E-state index in [-0.39, 0.29) is 0 Å². The normalized spacial score (nSPS) is 13.1. The highest BCUT2D eigenvalue weighted by atomic mass is 14.0. The van der Waals surface area contributed by atoms with Crippen LogP contribution in [0.1, 0.15) is 12.5 Å². The van der Waals surface area contributed by atoms with Crippen LogP contribution < -0.4 is 0 Å². The molecule has 0 aromatic heterocycles. The highest BCUT2D eigenvalue weighted by Gasteiger charge is 1.96. The number of allylic oxidation sites excluding steroid dienone is 5. The van der Waals surface area contributed by atoms with E-state index in [9.17, 15) is 0 Å². The quantitative estimate of drug-likeness (QED) is 0.469. The van der Waals surface area contributed by atoms with Crippen LogP contribution in [0.4, 0.5) is 0 Å². The Kier molecular flexibility index (Phi) is 4.85. The molecular weight excluding hydrogens is 192 g/mol. The topological polar surface area (TPSA) is 0 Å². The summed E-state index contributed by atoms with van der Waals surface area (Å²) in [6.07, 6.45) is 8.27. The maximum atomic E-state index is 3.23. The maximum absolute atomic E-state index is 3.23. The van der Waals surface area contributed by atoms with Gasteiger partial charge in [0.15, 0.2) is 0 Å². The number of hydrogen-bond acceptors (Lipinski definition) is 0. The van der Waals surface area contributed by atoms with Gasteiger partial charge < -0.3 is 0 Å². The van der Waals surface area contributed by atoms with Gasteiger partial charge in [-0.3, -0.25) is 0 Å². The lowest BCUT2D eigenvalue weighted by Gasteiger charge is -1.98. The summed E-state index contributed by atoms with van der Waals surface area (Å²) >= 11 is 0. The van der Waals surface area contributed by atoms with Gasteiger partial charge in [0.1, 0.15) is 0 Å². The van der Waals surface area contributed by atoms with E-state index in [4.69, 9.17) is 0 Å². The SMILES string of the molecule is C=C.CC1=C=CC(c2ccccc2)=CC=C1. The molecule has 1 aliphatic rings. The second-order valence-corrected chi connectivity index (χ2v) is 3.32. The minimum Gasteiger partial charge on any atom is -0.117 e. The van der Waals surface area contributed by atoms with Gasteiger partial charge in [0, 0.05) is 0 Å². The van der Waals surface area contributed by atoms with E-state index in [0.29, 0.717) is 0 Å². The van der Waals surface area contributed by atoms with E-state index >= 15 is 0 Å². The maximum Gasteiger partial charge on any atom is -0.00912 e. The number of benzene rings is 1. The summed E-state index contributed by atoms with van der Waals surface area (Å²) in [5.41, 5.74) is 6.83. The van der Waals surface area contributed by atoms with Gasteiger partial charge in [-0.2, -0.15) is 0 Å². The molecule has 2 rings (SSSR count). The molecule has 0 saturated carbocycles. The second-order valence-electron chi connectivity index (χ2n) is 3.32. The largest absolute Gasteiger partial charge is 0.117 e. The lowest BCUT2D eigenvalue weighted by atomic mass is 10.1. The Morgan fingerprint density at radius 3 is 2.44 bits per heavy atom. The van der Waals surface area contributed by atoms with Crippen LogP contribution in [0, 0.1) is 0 Å². The Morgan fingerprint density at radius 2 is 1.75 bits per heavy atom. The molecule has 0 bridgehead atoms. The molecule has 0 amide bonds. The van der Waals surface area contributed by atoms with Crippen molar-refractivity contribution in [3.8, 4) is 0 Å². The highest BCUT2D eigenvalue weighted by molar-refractivity contribution is 5.75. The molecule has 0 heterocycles. The molecule has 0 N–H and O–H groups in total. The minimum absolute atomic E-state index is 1.16. The zero-order valence-corrected chi connectivity index (χ0v) is 9.61. The molecule has 0 saturated heterocycles. The van der Waals surface area contributed by atoms with Gasteiger partial charge in [0.25, 0.3) is 0 Å². The molecule has 1 aliphatic carbocycles. The molecule has 0 unspecified atom stereocenters. The Bertz CT molecular complexity index is 452. The molecule has 1 aromatic rings. The molecular formula is C16H16.